The normalized spacial score (nSPS) is 22.8. The van der Waals surface area contributed by atoms with E-state index in [-0.39, 0.29) is 0 Å². The number of hydrogen-bond donors (Lipinski definition) is 1. The average Bonchev–Trinajstić information content (AvgIpc) is 2.97. The largest absolute Gasteiger partial charge is 0.399 e. The van der Waals surface area contributed by atoms with Crippen molar-refractivity contribution >= 4 is 5.69 Å². The second-order valence-electron chi connectivity index (χ2n) is 5.50. The third kappa shape index (κ3) is 2.09. The molecular weight excluding hydrogens is 238 g/mol. The smallest absolute Gasteiger partial charge is 0.182 e. The Morgan fingerprint density at radius 2 is 2.16 bits per heavy atom. The first-order valence-corrected chi connectivity index (χ1v) is 6.81. The maximum Gasteiger partial charge on any atom is 0.182 e. The molecule has 1 aromatic carbocycles. The lowest BCUT2D eigenvalue weighted by Crippen LogP contribution is -2.15. The standard InChI is InChI=1S/C14H19N5/c1-9-4-3-5-13(9)19-14(16-17-18-19)12-7-6-11(15)8-10(12)2/h6-9,13H,3-5,15H2,1-2H3. The Morgan fingerprint density at radius 1 is 1.32 bits per heavy atom. The van der Waals surface area contributed by atoms with Gasteiger partial charge in [-0.25, -0.2) is 4.68 Å². The Hall–Kier alpha value is -1.91. The summed E-state index contributed by atoms with van der Waals surface area (Å²) in [4.78, 5) is 0. The fraction of sp³-hybridized carbons (Fsp3) is 0.500. The monoisotopic (exact) mass is 257 g/mol. The number of tetrazole rings is 1. The lowest BCUT2D eigenvalue weighted by Gasteiger charge is -2.17. The summed E-state index contributed by atoms with van der Waals surface area (Å²) < 4.78 is 2.00. The van der Waals surface area contributed by atoms with Crippen molar-refractivity contribution in [2.24, 2.45) is 5.92 Å². The zero-order valence-electron chi connectivity index (χ0n) is 11.4. The van der Waals surface area contributed by atoms with Crippen LogP contribution in [0.5, 0.6) is 0 Å². The number of anilines is 1. The van der Waals surface area contributed by atoms with Crippen molar-refractivity contribution in [2.75, 3.05) is 5.73 Å². The van der Waals surface area contributed by atoms with Gasteiger partial charge in [-0.2, -0.15) is 0 Å². The summed E-state index contributed by atoms with van der Waals surface area (Å²) in [5, 5.41) is 12.3. The predicted octanol–water partition coefficient (Wildman–Crippen LogP) is 2.59. The zero-order chi connectivity index (χ0) is 13.4. The van der Waals surface area contributed by atoms with Crippen LogP contribution in [0.1, 0.15) is 37.8 Å². The summed E-state index contributed by atoms with van der Waals surface area (Å²) in [6.45, 7) is 4.32. The molecule has 2 N–H and O–H groups in total. The van der Waals surface area contributed by atoms with Crippen LogP contribution in [0.4, 0.5) is 5.69 Å². The molecule has 5 heteroatoms. The Bertz CT molecular complexity index is 589. The first-order valence-electron chi connectivity index (χ1n) is 6.81. The Balaban J connectivity index is 2.04. The molecular formula is C14H19N5. The molecule has 1 fully saturated rings. The highest BCUT2D eigenvalue weighted by atomic mass is 15.6. The molecule has 0 radical (unpaired) electrons. The molecule has 19 heavy (non-hydrogen) atoms. The minimum absolute atomic E-state index is 0.418. The SMILES string of the molecule is Cc1cc(N)ccc1-c1nnnn1C1CCCC1C. The van der Waals surface area contributed by atoms with Gasteiger partial charge in [0.25, 0.3) is 0 Å². The van der Waals surface area contributed by atoms with Gasteiger partial charge in [-0.15, -0.1) is 5.10 Å². The van der Waals surface area contributed by atoms with Crippen molar-refractivity contribution in [3.63, 3.8) is 0 Å². The molecule has 0 aliphatic heterocycles. The highest BCUT2D eigenvalue weighted by Gasteiger charge is 2.28. The number of aromatic nitrogens is 4. The number of rotatable bonds is 2. The summed E-state index contributed by atoms with van der Waals surface area (Å²) in [6.07, 6.45) is 3.67. The van der Waals surface area contributed by atoms with Crippen LogP contribution in [0.3, 0.4) is 0 Å². The summed E-state index contributed by atoms with van der Waals surface area (Å²) in [7, 11) is 0. The molecule has 1 heterocycles. The maximum atomic E-state index is 5.80. The van der Waals surface area contributed by atoms with Gasteiger partial charge in [0, 0.05) is 11.3 Å². The van der Waals surface area contributed by atoms with Crippen molar-refractivity contribution in [1.29, 1.82) is 0 Å². The van der Waals surface area contributed by atoms with Gasteiger partial charge in [0.15, 0.2) is 5.82 Å². The molecule has 2 unspecified atom stereocenters. The average molecular weight is 257 g/mol. The van der Waals surface area contributed by atoms with Crippen molar-refractivity contribution in [1.82, 2.24) is 20.2 Å². The molecule has 3 rings (SSSR count). The molecule has 1 aromatic heterocycles. The second-order valence-corrected chi connectivity index (χ2v) is 5.50. The van der Waals surface area contributed by atoms with E-state index in [1.165, 1.54) is 12.8 Å². The second kappa shape index (κ2) is 4.64. The van der Waals surface area contributed by atoms with Crippen LogP contribution < -0.4 is 5.73 Å². The Labute approximate surface area is 112 Å². The van der Waals surface area contributed by atoms with E-state index in [1.807, 2.05) is 29.8 Å². The van der Waals surface area contributed by atoms with Crippen molar-refractivity contribution in [3.05, 3.63) is 23.8 Å². The number of aryl methyl sites for hydroxylation is 1. The van der Waals surface area contributed by atoms with Crippen LogP contribution in [0.25, 0.3) is 11.4 Å². The molecule has 0 saturated heterocycles. The summed E-state index contributed by atoms with van der Waals surface area (Å²) in [5.74, 6) is 1.49. The van der Waals surface area contributed by atoms with Gasteiger partial charge >= 0.3 is 0 Å². The van der Waals surface area contributed by atoms with Crippen LogP contribution in [0, 0.1) is 12.8 Å². The fourth-order valence-corrected chi connectivity index (χ4v) is 3.02. The molecule has 0 amide bonds. The van der Waals surface area contributed by atoms with E-state index in [1.54, 1.807) is 0 Å². The van der Waals surface area contributed by atoms with Crippen molar-refractivity contribution in [2.45, 2.75) is 39.2 Å². The van der Waals surface area contributed by atoms with Gasteiger partial charge in [-0.1, -0.05) is 13.3 Å². The number of nitrogens with zero attached hydrogens (tertiary/aromatic N) is 4. The van der Waals surface area contributed by atoms with E-state index in [4.69, 9.17) is 5.73 Å². The highest BCUT2D eigenvalue weighted by molar-refractivity contribution is 5.63. The molecule has 1 aliphatic carbocycles. The predicted molar refractivity (Wildman–Crippen MR) is 74.5 cm³/mol. The molecule has 2 aromatic rings. The molecule has 0 bridgehead atoms. The van der Waals surface area contributed by atoms with Crippen LogP contribution >= 0.6 is 0 Å². The van der Waals surface area contributed by atoms with E-state index in [0.717, 1.165) is 29.1 Å². The van der Waals surface area contributed by atoms with Gasteiger partial charge in [-0.3, -0.25) is 0 Å². The summed E-state index contributed by atoms with van der Waals surface area (Å²) >= 11 is 0. The number of benzene rings is 1. The van der Waals surface area contributed by atoms with Crippen molar-refractivity contribution < 1.29 is 0 Å². The molecule has 2 atom stereocenters. The zero-order valence-corrected chi connectivity index (χ0v) is 11.4. The van der Waals surface area contributed by atoms with Gasteiger partial charge < -0.3 is 5.73 Å². The minimum atomic E-state index is 0.418. The molecule has 1 saturated carbocycles. The van der Waals surface area contributed by atoms with Gasteiger partial charge in [0.1, 0.15) is 0 Å². The minimum Gasteiger partial charge on any atom is -0.399 e. The Morgan fingerprint density at radius 3 is 2.84 bits per heavy atom. The lowest BCUT2D eigenvalue weighted by molar-refractivity contribution is 0.370. The van der Waals surface area contributed by atoms with Gasteiger partial charge in [-0.05, 0) is 59.9 Å². The van der Waals surface area contributed by atoms with Crippen LogP contribution in [0.15, 0.2) is 18.2 Å². The first kappa shape index (κ1) is 12.1. The van der Waals surface area contributed by atoms with Crippen LogP contribution in [0.2, 0.25) is 0 Å². The molecule has 1 aliphatic rings. The Kier molecular flexibility index (Phi) is 2.97. The van der Waals surface area contributed by atoms with E-state index in [0.29, 0.717) is 12.0 Å². The maximum absolute atomic E-state index is 5.80. The third-order valence-electron chi connectivity index (χ3n) is 4.11. The van der Waals surface area contributed by atoms with Crippen LogP contribution in [-0.4, -0.2) is 20.2 Å². The van der Waals surface area contributed by atoms with Gasteiger partial charge in [0.2, 0.25) is 0 Å². The highest BCUT2D eigenvalue weighted by Crippen LogP contribution is 2.37. The van der Waals surface area contributed by atoms with Gasteiger partial charge in [0.05, 0.1) is 6.04 Å². The fourth-order valence-electron chi connectivity index (χ4n) is 3.02. The number of hydrogen-bond acceptors (Lipinski definition) is 4. The summed E-state index contributed by atoms with van der Waals surface area (Å²) in [5.41, 5.74) is 8.76. The quantitative estimate of drug-likeness (QED) is 0.839. The van der Waals surface area contributed by atoms with E-state index in [2.05, 4.69) is 22.4 Å². The van der Waals surface area contributed by atoms with Crippen molar-refractivity contribution in [3.8, 4) is 11.4 Å². The molecule has 5 nitrogen and oxygen atoms in total. The van der Waals surface area contributed by atoms with E-state index in [9.17, 15) is 0 Å². The molecule has 0 spiro atoms. The van der Waals surface area contributed by atoms with Crippen LogP contribution in [-0.2, 0) is 0 Å². The topological polar surface area (TPSA) is 69.6 Å². The third-order valence-corrected chi connectivity index (χ3v) is 4.11. The molecule has 100 valence electrons. The summed E-state index contributed by atoms with van der Waals surface area (Å²) in [6, 6.07) is 6.29. The van der Waals surface area contributed by atoms with E-state index >= 15 is 0 Å². The van der Waals surface area contributed by atoms with E-state index < -0.39 is 0 Å². The first-order chi connectivity index (χ1) is 9.16. The number of nitrogen functional groups attached to an aromatic ring is 1. The lowest BCUT2D eigenvalue weighted by atomic mass is 10.0. The number of nitrogens with two attached hydrogens (primary N) is 1.